The van der Waals surface area contributed by atoms with E-state index in [2.05, 4.69) is 15.1 Å². The fraction of sp³-hybridized carbons (Fsp3) is 0.444. The maximum absolute atomic E-state index is 13.5. The molecule has 0 aliphatic carbocycles. The first kappa shape index (κ1) is 17.6. The van der Waals surface area contributed by atoms with Crippen molar-refractivity contribution in [3.8, 4) is 11.3 Å². The van der Waals surface area contributed by atoms with Gasteiger partial charge in [0.15, 0.2) is 0 Å². The summed E-state index contributed by atoms with van der Waals surface area (Å²) < 4.78 is 19.3. The van der Waals surface area contributed by atoms with Crippen LogP contribution < -0.4 is 0 Å². The molecule has 1 saturated heterocycles. The summed E-state index contributed by atoms with van der Waals surface area (Å²) in [5, 5.41) is 6.81. The predicted octanol–water partition coefficient (Wildman–Crippen LogP) is 2.01. The predicted molar refractivity (Wildman–Crippen MR) is 92.8 cm³/mol. The molecular weight excluding hydrogens is 323 g/mol. The van der Waals surface area contributed by atoms with E-state index in [1.54, 1.807) is 17.0 Å². The van der Waals surface area contributed by atoms with E-state index in [0.29, 0.717) is 36.5 Å². The molecule has 2 aromatic rings. The SMILES string of the molecule is CN(C)CCC1CN(C(=O)c2cn[nH]c2-c2cccc(F)c2)CCO1. The summed E-state index contributed by atoms with van der Waals surface area (Å²) >= 11 is 0. The lowest BCUT2D eigenvalue weighted by Crippen LogP contribution is -2.46. The molecule has 1 aromatic carbocycles. The summed E-state index contributed by atoms with van der Waals surface area (Å²) in [7, 11) is 4.03. The molecule has 1 aromatic heterocycles. The zero-order chi connectivity index (χ0) is 17.8. The van der Waals surface area contributed by atoms with Crippen LogP contribution in [0.5, 0.6) is 0 Å². The average molecular weight is 346 g/mol. The molecule has 25 heavy (non-hydrogen) atoms. The van der Waals surface area contributed by atoms with E-state index in [4.69, 9.17) is 4.74 Å². The van der Waals surface area contributed by atoms with Crippen LogP contribution in [-0.2, 0) is 4.74 Å². The summed E-state index contributed by atoms with van der Waals surface area (Å²) in [4.78, 5) is 16.8. The number of halogens is 1. The van der Waals surface area contributed by atoms with E-state index >= 15 is 0 Å². The van der Waals surface area contributed by atoms with Crippen molar-refractivity contribution in [1.82, 2.24) is 20.0 Å². The quantitative estimate of drug-likeness (QED) is 0.900. The number of carbonyl (C=O) groups excluding carboxylic acids is 1. The third-order valence-electron chi connectivity index (χ3n) is 4.31. The van der Waals surface area contributed by atoms with Crippen molar-refractivity contribution in [2.75, 3.05) is 40.3 Å². The van der Waals surface area contributed by atoms with Crippen LogP contribution in [0.1, 0.15) is 16.8 Å². The summed E-state index contributed by atoms with van der Waals surface area (Å²) in [6.45, 7) is 2.54. The van der Waals surface area contributed by atoms with Gasteiger partial charge in [-0.05, 0) is 32.6 Å². The lowest BCUT2D eigenvalue weighted by Gasteiger charge is -2.33. The second-order valence-corrected chi connectivity index (χ2v) is 6.50. The Balaban J connectivity index is 1.74. The number of amides is 1. The minimum Gasteiger partial charge on any atom is -0.374 e. The first-order valence-corrected chi connectivity index (χ1v) is 8.39. The van der Waals surface area contributed by atoms with Gasteiger partial charge in [0.05, 0.1) is 30.2 Å². The van der Waals surface area contributed by atoms with Crippen LogP contribution in [0.3, 0.4) is 0 Å². The molecule has 1 atom stereocenters. The van der Waals surface area contributed by atoms with Crippen LogP contribution in [-0.4, -0.2) is 72.3 Å². The smallest absolute Gasteiger partial charge is 0.257 e. The number of nitrogens with zero attached hydrogens (tertiary/aromatic N) is 3. The fourth-order valence-corrected chi connectivity index (χ4v) is 2.96. The van der Waals surface area contributed by atoms with Crippen molar-refractivity contribution in [1.29, 1.82) is 0 Å². The largest absolute Gasteiger partial charge is 0.374 e. The molecule has 134 valence electrons. The highest BCUT2D eigenvalue weighted by atomic mass is 19.1. The highest BCUT2D eigenvalue weighted by Gasteiger charge is 2.27. The Morgan fingerprint density at radius 2 is 2.32 bits per heavy atom. The molecule has 0 bridgehead atoms. The zero-order valence-electron chi connectivity index (χ0n) is 14.5. The molecule has 0 spiro atoms. The van der Waals surface area contributed by atoms with Gasteiger partial charge in [0.2, 0.25) is 0 Å². The lowest BCUT2D eigenvalue weighted by molar-refractivity contribution is -0.0269. The van der Waals surface area contributed by atoms with Crippen molar-refractivity contribution < 1.29 is 13.9 Å². The minimum absolute atomic E-state index is 0.0321. The number of H-pyrrole nitrogens is 1. The van der Waals surface area contributed by atoms with Crippen molar-refractivity contribution in [3.05, 3.63) is 41.8 Å². The van der Waals surface area contributed by atoms with E-state index in [0.717, 1.165) is 13.0 Å². The maximum atomic E-state index is 13.5. The number of morpholine rings is 1. The number of hydrogen-bond donors (Lipinski definition) is 1. The lowest BCUT2D eigenvalue weighted by atomic mass is 10.1. The number of benzene rings is 1. The molecule has 1 unspecified atom stereocenters. The van der Waals surface area contributed by atoms with Crippen molar-refractivity contribution >= 4 is 5.91 Å². The zero-order valence-corrected chi connectivity index (χ0v) is 14.5. The molecule has 1 amide bonds. The first-order valence-electron chi connectivity index (χ1n) is 8.39. The number of aromatic nitrogens is 2. The number of nitrogens with one attached hydrogen (secondary N) is 1. The Bertz CT molecular complexity index is 731. The van der Waals surface area contributed by atoms with Gasteiger partial charge in [-0.25, -0.2) is 4.39 Å². The van der Waals surface area contributed by atoms with Crippen LogP contribution in [0.25, 0.3) is 11.3 Å². The number of ether oxygens (including phenoxy) is 1. The Kier molecular flexibility index (Phi) is 5.45. The molecule has 0 radical (unpaired) electrons. The molecule has 7 heteroatoms. The van der Waals surface area contributed by atoms with Crippen LogP contribution in [0.4, 0.5) is 4.39 Å². The third-order valence-corrected chi connectivity index (χ3v) is 4.31. The Morgan fingerprint density at radius 1 is 1.48 bits per heavy atom. The Hall–Kier alpha value is -2.25. The molecule has 2 heterocycles. The summed E-state index contributed by atoms with van der Waals surface area (Å²) in [5.74, 6) is -0.452. The molecule has 1 N–H and O–H groups in total. The van der Waals surface area contributed by atoms with Crippen LogP contribution in [0, 0.1) is 5.82 Å². The van der Waals surface area contributed by atoms with Crippen LogP contribution in [0.15, 0.2) is 30.5 Å². The maximum Gasteiger partial charge on any atom is 0.257 e. The molecular formula is C18H23FN4O2. The Morgan fingerprint density at radius 3 is 3.08 bits per heavy atom. The van der Waals surface area contributed by atoms with E-state index < -0.39 is 0 Å². The summed E-state index contributed by atoms with van der Waals surface area (Å²) in [6.07, 6.45) is 2.41. The normalized spacial score (nSPS) is 17.9. The van der Waals surface area contributed by atoms with E-state index in [1.807, 2.05) is 14.1 Å². The van der Waals surface area contributed by atoms with Gasteiger partial charge in [0.25, 0.3) is 5.91 Å². The highest BCUT2D eigenvalue weighted by molar-refractivity contribution is 5.99. The average Bonchev–Trinajstić information content (AvgIpc) is 3.09. The summed E-state index contributed by atoms with van der Waals surface area (Å²) in [5.41, 5.74) is 1.61. The van der Waals surface area contributed by atoms with Gasteiger partial charge in [0.1, 0.15) is 5.82 Å². The van der Waals surface area contributed by atoms with Crippen molar-refractivity contribution in [3.63, 3.8) is 0 Å². The number of rotatable bonds is 5. The molecule has 1 aliphatic rings. The van der Waals surface area contributed by atoms with Crippen molar-refractivity contribution in [2.24, 2.45) is 0 Å². The fourth-order valence-electron chi connectivity index (χ4n) is 2.96. The molecule has 1 fully saturated rings. The second-order valence-electron chi connectivity index (χ2n) is 6.50. The van der Waals surface area contributed by atoms with E-state index in [-0.39, 0.29) is 17.8 Å². The minimum atomic E-state index is -0.347. The highest BCUT2D eigenvalue weighted by Crippen LogP contribution is 2.24. The van der Waals surface area contributed by atoms with Gasteiger partial charge in [-0.3, -0.25) is 9.89 Å². The van der Waals surface area contributed by atoms with Crippen LogP contribution >= 0.6 is 0 Å². The molecule has 6 nitrogen and oxygen atoms in total. The van der Waals surface area contributed by atoms with Gasteiger partial charge < -0.3 is 14.5 Å². The third kappa shape index (κ3) is 4.24. The standard InChI is InChI=1S/C18H23FN4O2/c1-22(2)7-6-15-12-23(8-9-25-15)18(24)16-11-20-21-17(16)13-4-3-5-14(19)10-13/h3-5,10-11,15H,6-9,12H2,1-2H3,(H,20,21). The van der Waals surface area contributed by atoms with Gasteiger partial charge >= 0.3 is 0 Å². The van der Waals surface area contributed by atoms with Gasteiger partial charge in [-0.2, -0.15) is 5.10 Å². The van der Waals surface area contributed by atoms with Crippen LogP contribution in [0.2, 0.25) is 0 Å². The monoisotopic (exact) mass is 346 g/mol. The molecule has 1 aliphatic heterocycles. The van der Waals surface area contributed by atoms with E-state index in [1.165, 1.54) is 18.3 Å². The number of aromatic amines is 1. The number of carbonyl (C=O) groups is 1. The Labute approximate surface area is 146 Å². The molecule has 0 saturated carbocycles. The van der Waals surface area contributed by atoms with Crippen molar-refractivity contribution in [2.45, 2.75) is 12.5 Å². The van der Waals surface area contributed by atoms with Gasteiger partial charge in [-0.15, -0.1) is 0 Å². The topological polar surface area (TPSA) is 61.5 Å². The number of hydrogen-bond acceptors (Lipinski definition) is 4. The van der Waals surface area contributed by atoms with Gasteiger partial charge in [0, 0.05) is 25.2 Å². The van der Waals surface area contributed by atoms with E-state index in [9.17, 15) is 9.18 Å². The van der Waals surface area contributed by atoms with Gasteiger partial charge in [-0.1, -0.05) is 12.1 Å². The summed E-state index contributed by atoms with van der Waals surface area (Å²) in [6, 6.07) is 6.14. The first-order chi connectivity index (χ1) is 12.0. The second kappa shape index (κ2) is 7.76. The molecule has 3 rings (SSSR count).